The van der Waals surface area contributed by atoms with Gasteiger partial charge in [0.15, 0.2) is 0 Å². The van der Waals surface area contributed by atoms with Crippen LogP contribution < -0.4 is 0 Å². The highest BCUT2D eigenvalue weighted by atomic mass is 32.2. The van der Waals surface area contributed by atoms with E-state index < -0.39 is 0 Å². The molecule has 1 aromatic carbocycles. The molecule has 0 N–H and O–H groups in total. The second-order valence-corrected chi connectivity index (χ2v) is 6.83. The van der Waals surface area contributed by atoms with Crippen LogP contribution in [0.2, 0.25) is 0 Å². The normalized spacial score (nSPS) is 12.2. The van der Waals surface area contributed by atoms with E-state index in [0.717, 1.165) is 21.7 Å². The van der Waals surface area contributed by atoms with Crippen molar-refractivity contribution in [3.63, 3.8) is 0 Å². The lowest BCUT2D eigenvalue weighted by Gasteiger charge is -2.09. The Balaban J connectivity index is 1.80. The summed E-state index contributed by atoms with van der Waals surface area (Å²) in [6.07, 6.45) is 2.29. The Hall–Kier alpha value is -1.90. The largest absolute Gasteiger partial charge is 0.229 e. The van der Waals surface area contributed by atoms with Crippen molar-refractivity contribution in [2.24, 2.45) is 0 Å². The first-order chi connectivity index (χ1) is 10.3. The second kappa shape index (κ2) is 6.25. The number of thioether (sulfide) groups is 1. The van der Waals surface area contributed by atoms with E-state index in [1.165, 1.54) is 22.9 Å². The Morgan fingerprint density at radius 1 is 1.24 bits per heavy atom. The molecule has 0 saturated heterocycles. The topological polar surface area (TPSA) is 49.6 Å². The third-order valence-corrected chi connectivity index (χ3v) is 5.09. The van der Waals surface area contributed by atoms with Crippen LogP contribution in [0.5, 0.6) is 0 Å². The molecule has 3 nitrogen and oxygen atoms in total. The number of thiophene rings is 1. The van der Waals surface area contributed by atoms with E-state index in [4.69, 9.17) is 0 Å². The molecule has 2 heterocycles. The molecule has 21 heavy (non-hydrogen) atoms. The molecular formula is C16H13N3S2. The summed E-state index contributed by atoms with van der Waals surface area (Å²) < 4.78 is 0. The number of aromatic nitrogens is 2. The molecule has 0 unspecified atom stereocenters. The van der Waals surface area contributed by atoms with Gasteiger partial charge in [0.05, 0.1) is 6.07 Å². The average molecular weight is 311 g/mol. The van der Waals surface area contributed by atoms with Gasteiger partial charge in [0.25, 0.3) is 0 Å². The molecule has 0 saturated carbocycles. The zero-order chi connectivity index (χ0) is 14.7. The fraction of sp³-hybridized carbons (Fsp3) is 0.188. The maximum Gasteiger partial charge on any atom is 0.127 e. The van der Waals surface area contributed by atoms with Gasteiger partial charge in [0.1, 0.15) is 21.4 Å². The highest BCUT2D eigenvalue weighted by molar-refractivity contribution is 8.00. The number of nitrogens with zero attached hydrogens (tertiary/aromatic N) is 3. The molecule has 0 amide bonds. The Morgan fingerprint density at radius 2 is 2.05 bits per heavy atom. The van der Waals surface area contributed by atoms with Crippen LogP contribution in [0.4, 0.5) is 0 Å². The van der Waals surface area contributed by atoms with E-state index in [9.17, 15) is 5.26 Å². The van der Waals surface area contributed by atoms with Crippen LogP contribution in [0.1, 0.15) is 11.1 Å². The summed E-state index contributed by atoms with van der Waals surface area (Å²) in [5, 5.41) is 13.2. The van der Waals surface area contributed by atoms with Crippen molar-refractivity contribution in [3.8, 4) is 6.07 Å². The highest BCUT2D eigenvalue weighted by Gasteiger charge is 2.14. The second-order valence-electron chi connectivity index (χ2n) is 4.74. The van der Waals surface area contributed by atoms with E-state index >= 15 is 0 Å². The van der Waals surface area contributed by atoms with Crippen LogP contribution in [0.3, 0.4) is 0 Å². The summed E-state index contributed by atoms with van der Waals surface area (Å²) in [4.78, 5) is 9.54. The molecule has 3 aromatic rings. The molecular weight excluding hydrogens is 298 g/mol. The van der Waals surface area contributed by atoms with Crippen molar-refractivity contribution in [2.45, 2.75) is 23.6 Å². The van der Waals surface area contributed by atoms with Crippen LogP contribution in [-0.4, -0.2) is 15.2 Å². The third-order valence-electron chi connectivity index (χ3n) is 3.16. The van der Waals surface area contributed by atoms with Crippen molar-refractivity contribution in [1.29, 1.82) is 5.26 Å². The van der Waals surface area contributed by atoms with Gasteiger partial charge in [-0.25, -0.2) is 9.97 Å². The lowest BCUT2D eigenvalue weighted by atomic mass is 10.1. The Bertz CT molecular complexity index is 787. The first-order valence-electron chi connectivity index (χ1n) is 6.56. The van der Waals surface area contributed by atoms with Gasteiger partial charge in [0.2, 0.25) is 0 Å². The predicted octanol–water partition coefficient (Wildman–Crippen LogP) is 4.23. The summed E-state index contributed by atoms with van der Waals surface area (Å²) in [7, 11) is 0. The van der Waals surface area contributed by atoms with Crippen LogP contribution >= 0.6 is 23.1 Å². The van der Waals surface area contributed by atoms with Crippen molar-refractivity contribution in [2.75, 3.05) is 0 Å². The van der Waals surface area contributed by atoms with Crippen molar-refractivity contribution >= 4 is 33.3 Å². The zero-order valence-electron chi connectivity index (χ0n) is 11.5. The third kappa shape index (κ3) is 3.23. The van der Waals surface area contributed by atoms with Crippen LogP contribution in [0.15, 0.2) is 47.1 Å². The maximum atomic E-state index is 9.41. The van der Waals surface area contributed by atoms with Crippen molar-refractivity contribution in [1.82, 2.24) is 9.97 Å². The standard InChI is InChI=1S/C16H13N3S2/c1-11-2-4-12(5-3-11)8-13(9-17)21-16-14-6-7-20-15(14)18-10-19-16/h2-7,10,13H,8H2,1H3/t13-/m0/s1. The highest BCUT2D eigenvalue weighted by Crippen LogP contribution is 2.31. The Kier molecular flexibility index (Phi) is 4.18. The number of nitriles is 1. The summed E-state index contributed by atoms with van der Waals surface area (Å²) in [6, 6.07) is 12.7. The van der Waals surface area contributed by atoms with Gasteiger partial charge in [-0.3, -0.25) is 0 Å². The zero-order valence-corrected chi connectivity index (χ0v) is 13.1. The summed E-state index contributed by atoms with van der Waals surface area (Å²) in [5.41, 5.74) is 2.41. The smallest absolute Gasteiger partial charge is 0.127 e. The molecule has 5 heteroatoms. The van der Waals surface area contributed by atoms with Gasteiger partial charge in [-0.15, -0.1) is 11.3 Å². The van der Waals surface area contributed by atoms with Crippen LogP contribution in [-0.2, 0) is 6.42 Å². The van der Waals surface area contributed by atoms with Gasteiger partial charge in [-0.2, -0.15) is 5.26 Å². The fourth-order valence-corrected chi connectivity index (χ4v) is 3.84. The van der Waals surface area contributed by atoms with Gasteiger partial charge < -0.3 is 0 Å². The molecule has 3 rings (SSSR count). The lowest BCUT2D eigenvalue weighted by Crippen LogP contribution is -2.04. The predicted molar refractivity (Wildman–Crippen MR) is 87.6 cm³/mol. The minimum atomic E-state index is -0.147. The molecule has 0 aliphatic carbocycles. The van der Waals surface area contributed by atoms with Crippen LogP contribution in [0, 0.1) is 18.3 Å². The lowest BCUT2D eigenvalue weighted by molar-refractivity contribution is 1.01. The van der Waals surface area contributed by atoms with E-state index in [2.05, 4.69) is 47.2 Å². The van der Waals surface area contributed by atoms with Gasteiger partial charge >= 0.3 is 0 Å². The SMILES string of the molecule is Cc1ccc(C[C@@H](C#N)Sc2ncnc3sccc23)cc1. The fourth-order valence-electron chi connectivity index (χ4n) is 2.05. The summed E-state index contributed by atoms with van der Waals surface area (Å²) in [6.45, 7) is 2.06. The molecule has 0 bridgehead atoms. The van der Waals surface area contributed by atoms with Gasteiger partial charge in [-0.05, 0) is 30.4 Å². The Labute approximate surface area is 131 Å². The molecule has 0 radical (unpaired) electrons. The first kappa shape index (κ1) is 14.1. The average Bonchev–Trinajstić information content (AvgIpc) is 2.98. The summed E-state index contributed by atoms with van der Waals surface area (Å²) >= 11 is 3.11. The number of fused-ring (bicyclic) bond motifs is 1. The van der Waals surface area contributed by atoms with E-state index in [0.29, 0.717) is 0 Å². The van der Waals surface area contributed by atoms with E-state index in [-0.39, 0.29) is 5.25 Å². The monoisotopic (exact) mass is 311 g/mol. The molecule has 2 aromatic heterocycles. The summed E-state index contributed by atoms with van der Waals surface area (Å²) in [5.74, 6) is 0. The van der Waals surface area contributed by atoms with E-state index in [1.54, 1.807) is 17.7 Å². The number of benzene rings is 1. The molecule has 0 aliphatic heterocycles. The minimum Gasteiger partial charge on any atom is -0.229 e. The Morgan fingerprint density at radius 3 is 2.81 bits per heavy atom. The van der Waals surface area contributed by atoms with Crippen molar-refractivity contribution in [3.05, 3.63) is 53.2 Å². The maximum absolute atomic E-state index is 9.41. The molecule has 0 fully saturated rings. The minimum absolute atomic E-state index is 0.147. The number of aryl methyl sites for hydroxylation is 1. The van der Waals surface area contributed by atoms with Crippen LogP contribution in [0.25, 0.3) is 10.2 Å². The quantitative estimate of drug-likeness (QED) is 0.534. The van der Waals surface area contributed by atoms with Crippen molar-refractivity contribution < 1.29 is 0 Å². The molecule has 0 aliphatic rings. The molecule has 0 spiro atoms. The number of hydrogen-bond donors (Lipinski definition) is 0. The van der Waals surface area contributed by atoms with E-state index in [1.807, 2.05) is 11.4 Å². The first-order valence-corrected chi connectivity index (χ1v) is 8.32. The van der Waals surface area contributed by atoms with Gasteiger partial charge in [-0.1, -0.05) is 41.6 Å². The molecule has 104 valence electrons. The molecule has 1 atom stereocenters. The number of hydrogen-bond acceptors (Lipinski definition) is 5. The number of rotatable bonds is 4. The van der Waals surface area contributed by atoms with Gasteiger partial charge in [0, 0.05) is 5.39 Å².